The van der Waals surface area contributed by atoms with Crippen LogP contribution >= 0.6 is 11.3 Å². The molecule has 1 heterocycles. The molecule has 0 spiro atoms. The predicted molar refractivity (Wildman–Crippen MR) is 102 cm³/mol. The largest absolute Gasteiger partial charge is 0.451 e. The quantitative estimate of drug-likeness (QED) is 0.669. The summed E-state index contributed by atoms with van der Waals surface area (Å²) in [6.45, 7) is 1.60. The third-order valence-corrected chi connectivity index (χ3v) is 4.83. The van der Waals surface area contributed by atoms with Crippen molar-refractivity contribution in [3.05, 3.63) is 93.7 Å². The van der Waals surface area contributed by atoms with Gasteiger partial charge >= 0.3 is 5.97 Å². The zero-order valence-corrected chi connectivity index (χ0v) is 15.2. The van der Waals surface area contributed by atoms with E-state index in [1.165, 1.54) is 11.3 Å². The van der Waals surface area contributed by atoms with Crippen LogP contribution in [-0.2, 0) is 9.53 Å². The topological polar surface area (TPSA) is 55.4 Å². The van der Waals surface area contributed by atoms with Gasteiger partial charge in [0, 0.05) is 4.88 Å². The Hall–Kier alpha value is -2.92. The fraction of sp³-hybridized carbons (Fsp3) is 0.143. The van der Waals surface area contributed by atoms with Crippen molar-refractivity contribution in [2.75, 3.05) is 6.61 Å². The van der Waals surface area contributed by atoms with E-state index in [1.54, 1.807) is 6.07 Å². The lowest BCUT2D eigenvalue weighted by atomic mass is 9.99. The van der Waals surface area contributed by atoms with Crippen molar-refractivity contribution < 1.29 is 14.3 Å². The van der Waals surface area contributed by atoms with Gasteiger partial charge in [0.2, 0.25) is 0 Å². The molecule has 0 unspecified atom stereocenters. The highest BCUT2D eigenvalue weighted by molar-refractivity contribution is 7.13. The third-order valence-electron chi connectivity index (χ3n) is 3.85. The highest BCUT2D eigenvalue weighted by Gasteiger charge is 2.18. The Labute approximate surface area is 156 Å². The summed E-state index contributed by atoms with van der Waals surface area (Å²) in [6, 6.07) is 22.6. The van der Waals surface area contributed by atoms with E-state index in [2.05, 4.69) is 5.32 Å². The number of ether oxygens (including phenoxy) is 1. The molecule has 0 saturated heterocycles. The molecular weight excluding hydrogens is 346 g/mol. The Bertz CT molecular complexity index is 835. The second kappa shape index (κ2) is 8.45. The lowest BCUT2D eigenvalue weighted by Gasteiger charge is -2.19. The van der Waals surface area contributed by atoms with Crippen molar-refractivity contribution in [3.63, 3.8) is 0 Å². The Morgan fingerprint density at radius 3 is 2.00 bits per heavy atom. The van der Waals surface area contributed by atoms with Crippen LogP contribution in [0.4, 0.5) is 0 Å². The first-order valence-corrected chi connectivity index (χ1v) is 9.08. The fourth-order valence-electron chi connectivity index (χ4n) is 2.60. The van der Waals surface area contributed by atoms with E-state index in [0.29, 0.717) is 4.88 Å². The van der Waals surface area contributed by atoms with Gasteiger partial charge in [-0.05, 0) is 30.2 Å². The molecule has 26 heavy (non-hydrogen) atoms. The number of aryl methyl sites for hydroxylation is 1. The summed E-state index contributed by atoms with van der Waals surface area (Å²) in [6.07, 6.45) is 0. The van der Waals surface area contributed by atoms with Gasteiger partial charge in [-0.15, -0.1) is 11.3 Å². The SMILES string of the molecule is Cc1ccc(C(=O)OCC(=O)NC(c2ccccc2)c2ccccc2)s1. The molecule has 1 N–H and O–H groups in total. The molecule has 0 aliphatic heterocycles. The van der Waals surface area contributed by atoms with E-state index in [0.717, 1.165) is 16.0 Å². The van der Waals surface area contributed by atoms with Crippen molar-refractivity contribution in [2.24, 2.45) is 0 Å². The summed E-state index contributed by atoms with van der Waals surface area (Å²) in [4.78, 5) is 25.9. The van der Waals surface area contributed by atoms with Gasteiger partial charge in [-0.25, -0.2) is 4.79 Å². The number of esters is 1. The molecule has 0 saturated carbocycles. The van der Waals surface area contributed by atoms with E-state index in [9.17, 15) is 9.59 Å². The molecule has 0 fully saturated rings. The maximum absolute atomic E-state index is 12.4. The zero-order valence-electron chi connectivity index (χ0n) is 14.3. The molecule has 0 bridgehead atoms. The number of benzene rings is 2. The number of carbonyl (C=O) groups excluding carboxylic acids is 2. The van der Waals surface area contributed by atoms with Gasteiger partial charge in [0.05, 0.1) is 6.04 Å². The molecule has 2 aromatic carbocycles. The molecule has 5 heteroatoms. The smallest absolute Gasteiger partial charge is 0.348 e. The lowest BCUT2D eigenvalue weighted by molar-refractivity contribution is -0.124. The van der Waals surface area contributed by atoms with Crippen molar-refractivity contribution in [1.29, 1.82) is 0 Å². The minimum Gasteiger partial charge on any atom is -0.451 e. The maximum atomic E-state index is 12.4. The van der Waals surface area contributed by atoms with Crippen LogP contribution in [0.1, 0.15) is 31.7 Å². The number of thiophene rings is 1. The van der Waals surface area contributed by atoms with Crippen molar-refractivity contribution in [1.82, 2.24) is 5.32 Å². The molecule has 1 amide bonds. The Morgan fingerprint density at radius 1 is 0.923 bits per heavy atom. The van der Waals surface area contributed by atoms with Crippen LogP contribution in [0.3, 0.4) is 0 Å². The van der Waals surface area contributed by atoms with E-state index >= 15 is 0 Å². The average Bonchev–Trinajstić information content (AvgIpc) is 3.12. The van der Waals surface area contributed by atoms with Crippen molar-refractivity contribution in [3.8, 4) is 0 Å². The Morgan fingerprint density at radius 2 is 1.50 bits per heavy atom. The summed E-state index contributed by atoms with van der Waals surface area (Å²) >= 11 is 1.35. The van der Waals surface area contributed by atoms with E-state index < -0.39 is 5.97 Å². The Kier molecular flexibility index (Phi) is 5.81. The van der Waals surface area contributed by atoms with Gasteiger partial charge in [0.15, 0.2) is 6.61 Å². The summed E-state index contributed by atoms with van der Waals surface area (Å²) in [5.74, 6) is -0.821. The maximum Gasteiger partial charge on any atom is 0.348 e. The number of carbonyl (C=O) groups is 2. The van der Waals surface area contributed by atoms with Crippen LogP contribution in [0, 0.1) is 6.92 Å². The molecule has 3 aromatic rings. The number of hydrogen-bond acceptors (Lipinski definition) is 4. The van der Waals surface area contributed by atoms with Crippen LogP contribution in [0.25, 0.3) is 0 Å². The highest BCUT2D eigenvalue weighted by Crippen LogP contribution is 2.21. The molecule has 132 valence electrons. The molecule has 0 radical (unpaired) electrons. The fourth-order valence-corrected chi connectivity index (χ4v) is 3.36. The molecule has 3 rings (SSSR count). The number of amides is 1. The first-order valence-electron chi connectivity index (χ1n) is 8.26. The van der Waals surface area contributed by atoms with Crippen molar-refractivity contribution in [2.45, 2.75) is 13.0 Å². The highest BCUT2D eigenvalue weighted by atomic mass is 32.1. The standard InChI is InChI=1S/C21H19NO3S/c1-15-12-13-18(26-15)21(24)25-14-19(23)22-20(16-8-4-2-5-9-16)17-10-6-3-7-11-17/h2-13,20H,14H2,1H3,(H,22,23). The Balaban J connectivity index is 1.67. The van der Waals surface area contributed by atoms with E-state index in [4.69, 9.17) is 4.74 Å². The number of hydrogen-bond donors (Lipinski definition) is 1. The molecule has 0 aliphatic rings. The van der Waals surface area contributed by atoms with Crippen LogP contribution in [-0.4, -0.2) is 18.5 Å². The molecule has 1 aromatic heterocycles. The minimum absolute atomic E-state index is 0.299. The third kappa shape index (κ3) is 4.58. The normalized spacial score (nSPS) is 10.5. The van der Waals surface area contributed by atoms with Gasteiger partial charge in [0.25, 0.3) is 5.91 Å². The van der Waals surface area contributed by atoms with Crippen molar-refractivity contribution >= 4 is 23.2 Å². The van der Waals surface area contributed by atoms with Crippen LogP contribution in [0.2, 0.25) is 0 Å². The number of rotatable bonds is 6. The first kappa shape index (κ1) is 17.9. The summed E-state index contributed by atoms with van der Waals surface area (Å²) in [5, 5.41) is 2.95. The summed E-state index contributed by atoms with van der Waals surface area (Å²) in [5.41, 5.74) is 1.93. The van der Waals surface area contributed by atoms with E-state index in [1.807, 2.05) is 73.7 Å². The number of nitrogens with one attached hydrogen (secondary N) is 1. The molecule has 0 aliphatic carbocycles. The second-order valence-electron chi connectivity index (χ2n) is 5.81. The van der Waals surface area contributed by atoms with Gasteiger partial charge < -0.3 is 10.1 Å². The lowest BCUT2D eigenvalue weighted by Crippen LogP contribution is -2.33. The van der Waals surface area contributed by atoms with Crippen LogP contribution in [0.5, 0.6) is 0 Å². The predicted octanol–water partition coefficient (Wildman–Crippen LogP) is 4.12. The summed E-state index contributed by atoms with van der Waals surface area (Å²) < 4.78 is 5.14. The molecular formula is C21H19NO3S. The van der Waals surface area contributed by atoms with Crippen LogP contribution in [0.15, 0.2) is 72.8 Å². The summed E-state index contributed by atoms with van der Waals surface area (Å²) in [7, 11) is 0. The molecule has 0 atom stereocenters. The zero-order chi connectivity index (χ0) is 18.4. The van der Waals surface area contributed by atoms with Gasteiger partial charge in [0.1, 0.15) is 4.88 Å². The van der Waals surface area contributed by atoms with Gasteiger partial charge in [-0.2, -0.15) is 0 Å². The average molecular weight is 365 g/mol. The van der Waals surface area contributed by atoms with Gasteiger partial charge in [-0.3, -0.25) is 4.79 Å². The monoisotopic (exact) mass is 365 g/mol. The van der Waals surface area contributed by atoms with E-state index in [-0.39, 0.29) is 18.6 Å². The van der Waals surface area contributed by atoms with Crippen LogP contribution < -0.4 is 5.32 Å². The second-order valence-corrected chi connectivity index (χ2v) is 7.10. The minimum atomic E-state index is -0.478. The first-order chi connectivity index (χ1) is 12.6. The van der Waals surface area contributed by atoms with Gasteiger partial charge in [-0.1, -0.05) is 60.7 Å². The molecule has 4 nitrogen and oxygen atoms in total.